The fourth-order valence-corrected chi connectivity index (χ4v) is 4.67. The van der Waals surface area contributed by atoms with E-state index in [-0.39, 0.29) is 53.0 Å². The quantitative estimate of drug-likeness (QED) is 0.608. The number of likely N-dealkylation sites (N-methyl/N-ethyl adjacent to an activating group) is 1. The van der Waals surface area contributed by atoms with Crippen LogP contribution in [0.5, 0.6) is 5.75 Å². The summed E-state index contributed by atoms with van der Waals surface area (Å²) in [6.45, 7) is 1.21. The van der Waals surface area contributed by atoms with E-state index in [4.69, 9.17) is 21.1 Å². The highest BCUT2D eigenvalue weighted by Crippen LogP contribution is 2.24. The van der Waals surface area contributed by atoms with Gasteiger partial charge < -0.3 is 14.4 Å². The summed E-state index contributed by atoms with van der Waals surface area (Å²) in [5, 5.41) is 0.0266. The van der Waals surface area contributed by atoms with Gasteiger partial charge in [0.05, 0.1) is 17.7 Å². The second kappa shape index (κ2) is 10.4. The molecule has 1 amide bonds. The molecule has 1 atom stereocenters. The highest BCUT2D eigenvalue weighted by atomic mass is 35.5. The third-order valence-corrected chi connectivity index (χ3v) is 6.75. The van der Waals surface area contributed by atoms with Gasteiger partial charge in [-0.3, -0.25) is 4.79 Å². The molecule has 0 bridgehead atoms. The molecule has 7 nitrogen and oxygen atoms in total. The van der Waals surface area contributed by atoms with Crippen LogP contribution in [0.4, 0.5) is 4.39 Å². The maximum Gasteiger partial charge on any atom is 0.253 e. The Hall–Kier alpha value is -2.20. The van der Waals surface area contributed by atoms with Gasteiger partial charge in [-0.1, -0.05) is 11.6 Å². The molecule has 0 aromatic heterocycles. The molecule has 2 aromatic rings. The average molecular weight is 471 g/mol. The zero-order chi connectivity index (χ0) is 22.4. The highest BCUT2D eigenvalue weighted by molar-refractivity contribution is 7.89. The fourth-order valence-electron chi connectivity index (χ4n) is 3.08. The minimum Gasteiger partial charge on any atom is -0.492 e. The standard InChI is InChI=1S/C21H24ClFN2O5S/c1-25(10-12-30-17-7-5-16(23)6-8-17)21(26)15-4-9-19(22)20(13-15)31(27,28)24-14-18-3-2-11-29-18/h4-9,13,18,24H,2-3,10-12,14H2,1H3. The van der Waals surface area contributed by atoms with E-state index >= 15 is 0 Å². The van der Waals surface area contributed by atoms with Crippen molar-refractivity contribution < 1.29 is 27.1 Å². The predicted molar refractivity (Wildman–Crippen MR) is 114 cm³/mol. The first-order valence-electron chi connectivity index (χ1n) is 9.81. The number of carbonyl (C=O) groups is 1. The number of hydrogen-bond acceptors (Lipinski definition) is 5. The van der Waals surface area contributed by atoms with Crippen molar-refractivity contribution in [2.75, 3.05) is 33.4 Å². The van der Waals surface area contributed by atoms with Gasteiger partial charge in [-0.05, 0) is 55.3 Å². The van der Waals surface area contributed by atoms with Crippen molar-refractivity contribution in [3.05, 3.63) is 58.9 Å². The SMILES string of the molecule is CN(CCOc1ccc(F)cc1)C(=O)c1ccc(Cl)c(S(=O)(=O)NCC2CCCO2)c1. The van der Waals surface area contributed by atoms with Crippen LogP contribution in [0.2, 0.25) is 5.02 Å². The molecule has 1 heterocycles. The molecular formula is C21H24ClFN2O5S. The Kier molecular flexibility index (Phi) is 7.88. The number of halogens is 2. The van der Waals surface area contributed by atoms with Crippen LogP contribution in [-0.4, -0.2) is 58.7 Å². The monoisotopic (exact) mass is 470 g/mol. The molecule has 0 saturated carbocycles. The van der Waals surface area contributed by atoms with Crippen LogP contribution in [0.25, 0.3) is 0 Å². The van der Waals surface area contributed by atoms with Crippen molar-refractivity contribution in [2.45, 2.75) is 23.8 Å². The van der Waals surface area contributed by atoms with Crippen LogP contribution in [0, 0.1) is 5.82 Å². The smallest absolute Gasteiger partial charge is 0.253 e. The number of nitrogens with one attached hydrogen (secondary N) is 1. The molecule has 1 fully saturated rings. The van der Waals surface area contributed by atoms with Gasteiger partial charge in [0.2, 0.25) is 10.0 Å². The number of hydrogen-bond donors (Lipinski definition) is 1. The average Bonchev–Trinajstić information content (AvgIpc) is 3.27. The molecule has 1 unspecified atom stereocenters. The van der Waals surface area contributed by atoms with Crippen LogP contribution < -0.4 is 9.46 Å². The Bertz CT molecular complexity index is 1010. The number of sulfonamides is 1. The minimum absolute atomic E-state index is 0.0266. The van der Waals surface area contributed by atoms with Crippen molar-refractivity contribution >= 4 is 27.5 Å². The lowest BCUT2D eigenvalue weighted by molar-refractivity contribution is 0.0773. The van der Waals surface area contributed by atoms with Gasteiger partial charge in [-0.2, -0.15) is 0 Å². The second-order valence-electron chi connectivity index (χ2n) is 7.16. The summed E-state index contributed by atoms with van der Waals surface area (Å²) >= 11 is 6.10. The van der Waals surface area contributed by atoms with E-state index in [1.54, 1.807) is 7.05 Å². The van der Waals surface area contributed by atoms with Gasteiger partial charge in [0.25, 0.3) is 5.91 Å². The van der Waals surface area contributed by atoms with E-state index < -0.39 is 10.0 Å². The van der Waals surface area contributed by atoms with Gasteiger partial charge in [0.15, 0.2) is 0 Å². The lowest BCUT2D eigenvalue weighted by Gasteiger charge is -2.18. The molecule has 1 saturated heterocycles. The summed E-state index contributed by atoms with van der Waals surface area (Å²) in [6.07, 6.45) is 1.53. The number of rotatable bonds is 9. The van der Waals surface area contributed by atoms with Crippen LogP contribution in [0.15, 0.2) is 47.4 Å². The molecule has 1 aliphatic rings. The van der Waals surface area contributed by atoms with Gasteiger partial charge in [-0.15, -0.1) is 0 Å². The summed E-state index contributed by atoms with van der Waals surface area (Å²) in [7, 11) is -2.33. The Morgan fingerprint density at radius 1 is 1.29 bits per heavy atom. The molecule has 0 radical (unpaired) electrons. The predicted octanol–water partition coefficient (Wildman–Crippen LogP) is 3.09. The summed E-state index contributed by atoms with van der Waals surface area (Å²) in [5.41, 5.74) is 0.186. The van der Waals surface area contributed by atoms with Gasteiger partial charge >= 0.3 is 0 Å². The Morgan fingerprint density at radius 2 is 2.03 bits per heavy atom. The first kappa shape index (κ1) is 23.5. The minimum atomic E-state index is -3.90. The Labute approximate surface area is 186 Å². The first-order chi connectivity index (χ1) is 14.8. The molecule has 0 spiro atoms. The highest BCUT2D eigenvalue weighted by Gasteiger charge is 2.24. The topological polar surface area (TPSA) is 84.9 Å². The van der Waals surface area contributed by atoms with E-state index in [0.29, 0.717) is 12.4 Å². The van der Waals surface area contributed by atoms with E-state index in [1.165, 1.54) is 47.4 Å². The van der Waals surface area contributed by atoms with E-state index in [2.05, 4.69) is 4.72 Å². The summed E-state index contributed by atoms with van der Waals surface area (Å²) in [4.78, 5) is 14.0. The number of ether oxygens (including phenoxy) is 2. The van der Waals surface area contributed by atoms with Gasteiger partial charge in [-0.25, -0.2) is 17.5 Å². The summed E-state index contributed by atoms with van der Waals surface area (Å²) < 4.78 is 51.7. The van der Waals surface area contributed by atoms with Gasteiger partial charge in [0.1, 0.15) is 23.1 Å². The molecule has 0 aliphatic carbocycles. The van der Waals surface area contributed by atoms with E-state index in [9.17, 15) is 17.6 Å². The van der Waals surface area contributed by atoms with Crippen LogP contribution >= 0.6 is 11.6 Å². The summed E-state index contributed by atoms with van der Waals surface area (Å²) in [5.74, 6) is -0.257. The van der Waals surface area contributed by atoms with Crippen molar-refractivity contribution in [1.82, 2.24) is 9.62 Å². The van der Waals surface area contributed by atoms with Crippen LogP contribution in [0.1, 0.15) is 23.2 Å². The largest absolute Gasteiger partial charge is 0.492 e. The Morgan fingerprint density at radius 3 is 2.71 bits per heavy atom. The molecule has 1 N–H and O–H groups in total. The van der Waals surface area contributed by atoms with E-state index in [1.807, 2.05) is 0 Å². The molecule has 3 rings (SSSR count). The number of nitrogens with zero attached hydrogens (tertiary/aromatic N) is 1. The lowest BCUT2D eigenvalue weighted by Crippen LogP contribution is -2.33. The first-order valence-corrected chi connectivity index (χ1v) is 11.7. The van der Waals surface area contributed by atoms with Crippen LogP contribution in [0.3, 0.4) is 0 Å². The maximum absolute atomic E-state index is 12.9. The van der Waals surface area contributed by atoms with E-state index in [0.717, 1.165) is 12.8 Å². The lowest BCUT2D eigenvalue weighted by atomic mass is 10.2. The number of benzene rings is 2. The fraction of sp³-hybridized carbons (Fsp3) is 0.381. The zero-order valence-corrected chi connectivity index (χ0v) is 18.6. The molecule has 10 heteroatoms. The molecule has 31 heavy (non-hydrogen) atoms. The molecule has 1 aliphatic heterocycles. The molecule has 2 aromatic carbocycles. The third kappa shape index (κ3) is 6.39. The number of carbonyl (C=O) groups excluding carboxylic acids is 1. The Balaban J connectivity index is 1.61. The van der Waals surface area contributed by atoms with Crippen molar-refractivity contribution in [1.29, 1.82) is 0 Å². The van der Waals surface area contributed by atoms with Gasteiger partial charge in [0, 0.05) is 25.8 Å². The number of amides is 1. The maximum atomic E-state index is 12.9. The zero-order valence-electron chi connectivity index (χ0n) is 17.0. The molecular weight excluding hydrogens is 447 g/mol. The normalized spacial score (nSPS) is 16.3. The van der Waals surface area contributed by atoms with Crippen molar-refractivity contribution in [3.63, 3.8) is 0 Å². The molecule has 168 valence electrons. The van der Waals surface area contributed by atoms with Crippen molar-refractivity contribution in [3.8, 4) is 5.75 Å². The summed E-state index contributed by atoms with van der Waals surface area (Å²) in [6, 6.07) is 9.69. The van der Waals surface area contributed by atoms with Crippen molar-refractivity contribution in [2.24, 2.45) is 0 Å². The second-order valence-corrected chi connectivity index (χ2v) is 9.30. The third-order valence-electron chi connectivity index (χ3n) is 4.85. The van der Waals surface area contributed by atoms with Crippen LogP contribution in [-0.2, 0) is 14.8 Å².